The van der Waals surface area contributed by atoms with Gasteiger partial charge in [-0.3, -0.25) is 4.79 Å². The number of hydrogen-bond acceptors (Lipinski definition) is 4. The molecule has 1 amide bonds. The molecule has 0 aliphatic carbocycles. The average molecular weight is 245 g/mol. The molecule has 1 heterocycles. The highest BCUT2D eigenvalue weighted by molar-refractivity contribution is 6.31. The average Bonchev–Trinajstić information content (AvgIpc) is 2.26. The van der Waals surface area contributed by atoms with Crippen LogP contribution < -0.4 is 10.1 Å². The van der Waals surface area contributed by atoms with Crippen molar-refractivity contribution in [1.82, 2.24) is 10.3 Å². The van der Waals surface area contributed by atoms with Crippen LogP contribution in [0.15, 0.2) is 12.1 Å². The van der Waals surface area contributed by atoms with Crippen LogP contribution in [0.3, 0.4) is 0 Å². The lowest BCUT2D eigenvalue weighted by atomic mass is 10.3. The molecular formula is C9H9ClN2O4. The number of carbonyl (C=O) groups excluding carboxylic acids is 1. The number of amides is 1. The van der Waals surface area contributed by atoms with E-state index in [1.807, 2.05) is 0 Å². The Kier molecular flexibility index (Phi) is 4.07. The fourth-order valence-electron chi connectivity index (χ4n) is 0.923. The first-order valence-electron chi connectivity index (χ1n) is 4.28. The maximum absolute atomic E-state index is 11.2. The molecule has 0 fully saturated rings. The zero-order valence-corrected chi connectivity index (χ0v) is 9.11. The van der Waals surface area contributed by atoms with Crippen LogP contribution in [0.1, 0.15) is 10.5 Å². The van der Waals surface area contributed by atoms with Gasteiger partial charge in [-0.15, -0.1) is 0 Å². The maximum atomic E-state index is 11.2. The first-order valence-corrected chi connectivity index (χ1v) is 4.65. The number of hydrogen-bond donors (Lipinski definition) is 2. The van der Waals surface area contributed by atoms with E-state index in [-0.39, 0.29) is 22.5 Å². The Morgan fingerprint density at radius 3 is 2.75 bits per heavy atom. The summed E-state index contributed by atoms with van der Waals surface area (Å²) in [5.41, 5.74) is 0.134. The lowest BCUT2D eigenvalue weighted by Gasteiger charge is -2.06. The van der Waals surface area contributed by atoms with Gasteiger partial charge in [-0.25, -0.2) is 9.78 Å². The number of rotatable bonds is 4. The fourth-order valence-corrected chi connectivity index (χ4v) is 1.13. The summed E-state index contributed by atoms with van der Waals surface area (Å²) in [6.07, 6.45) is 0. The molecule has 0 unspecified atom stereocenters. The first kappa shape index (κ1) is 12.3. The number of ether oxygens (including phenoxy) is 1. The van der Waals surface area contributed by atoms with Crippen LogP contribution in [-0.4, -0.2) is 35.6 Å². The molecule has 1 aromatic rings. The van der Waals surface area contributed by atoms with Crippen LogP contribution in [-0.2, 0) is 4.79 Å². The minimum absolute atomic E-state index is 0.0534. The number of aliphatic carboxylic acids is 1. The quantitative estimate of drug-likeness (QED) is 0.756. The SMILES string of the molecule is CNC(=O)c1ccc(OCC(=O)O)c(Cl)n1. The molecular weight excluding hydrogens is 236 g/mol. The van der Waals surface area contributed by atoms with Crippen LogP contribution in [0.5, 0.6) is 5.75 Å². The Balaban J connectivity index is 2.83. The monoisotopic (exact) mass is 244 g/mol. The van der Waals surface area contributed by atoms with Gasteiger partial charge in [-0.1, -0.05) is 11.6 Å². The van der Waals surface area contributed by atoms with Crippen LogP contribution in [0.2, 0.25) is 5.15 Å². The van der Waals surface area contributed by atoms with Gasteiger partial charge in [-0.05, 0) is 12.1 Å². The highest BCUT2D eigenvalue weighted by Crippen LogP contribution is 2.21. The van der Waals surface area contributed by atoms with E-state index < -0.39 is 12.6 Å². The molecule has 0 saturated heterocycles. The van der Waals surface area contributed by atoms with Crippen molar-refractivity contribution in [3.8, 4) is 5.75 Å². The third-order valence-electron chi connectivity index (χ3n) is 1.63. The largest absolute Gasteiger partial charge is 0.479 e. The molecule has 0 bridgehead atoms. The molecule has 2 N–H and O–H groups in total. The fraction of sp³-hybridized carbons (Fsp3) is 0.222. The summed E-state index contributed by atoms with van der Waals surface area (Å²) in [5.74, 6) is -1.38. The summed E-state index contributed by atoms with van der Waals surface area (Å²) in [7, 11) is 1.47. The summed E-state index contributed by atoms with van der Waals surface area (Å²) in [4.78, 5) is 25.2. The van der Waals surface area contributed by atoms with Gasteiger partial charge < -0.3 is 15.2 Å². The van der Waals surface area contributed by atoms with Crippen molar-refractivity contribution >= 4 is 23.5 Å². The topological polar surface area (TPSA) is 88.5 Å². The Bertz CT molecular complexity index is 422. The Morgan fingerprint density at radius 2 is 2.25 bits per heavy atom. The highest BCUT2D eigenvalue weighted by Gasteiger charge is 2.10. The number of halogens is 1. The van der Waals surface area contributed by atoms with Gasteiger partial charge in [0.25, 0.3) is 5.91 Å². The van der Waals surface area contributed by atoms with Crippen molar-refractivity contribution in [3.63, 3.8) is 0 Å². The molecule has 0 radical (unpaired) electrons. The third-order valence-corrected chi connectivity index (χ3v) is 1.90. The molecule has 1 rings (SSSR count). The standard InChI is InChI=1S/C9H9ClN2O4/c1-11-9(15)5-2-3-6(8(10)12-5)16-4-7(13)14/h2-3H,4H2,1H3,(H,11,15)(H,13,14). The Labute approximate surface area is 96.2 Å². The second-order valence-electron chi connectivity index (χ2n) is 2.75. The molecule has 16 heavy (non-hydrogen) atoms. The van der Waals surface area contributed by atoms with E-state index in [2.05, 4.69) is 10.3 Å². The lowest BCUT2D eigenvalue weighted by Crippen LogP contribution is -2.19. The van der Waals surface area contributed by atoms with E-state index in [1.54, 1.807) is 0 Å². The second kappa shape index (κ2) is 5.32. The van der Waals surface area contributed by atoms with Gasteiger partial charge >= 0.3 is 5.97 Å². The Hall–Kier alpha value is -1.82. The molecule has 0 saturated carbocycles. The minimum atomic E-state index is -1.12. The molecule has 86 valence electrons. The van der Waals surface area contributed by atoms with Crippen molar-refractivity contribution in [3.05, 3.63) is 23.0 Å². The highest BCUT2D eigenvalue weighted by atomic mass is 35.5. The summed E-state index contributed by atoms with van der Waals surface area (Å²) in [5, 5.41) is 10.7. The molecule has 0 spiro atoms. The number of pyridine rings is 1. The molecule has 0 aromatic carbocycles. The van der Waals surface area contributed by atoms with Gasteiger partial charge in [0.05, 0.1) is 0 Å². The van der Waals surface area contributed by atoms with E-state index in [0.717, 1.165) is 0 Å². The van der Waals surface area contributed by atoms with E-state index in [4.69, 9.17) is 21.4 Å². The van der Waals surface area contributed by atoms with Gasteiger partial charge in [0, 0.05) is 7.05 Å². The first-order chi connectivity index (χ1) is 7.54. The number of aromatic nitrogens is 1. The zero-order valence-electron chi connectivity index (χ0n) is 8.36. The molecule has 1 aromatic heterocycles. The van der Waals surface area contributed by atoms with E-state index >= 15 is 0 Å². The smallest absolute Gasteiger partial charge is 0.341 e. The summed E-state index contributed by atoms with van der Waals surface area (Å²) >= 11 is 5.70. The number of nitrogens with zero attached hydrogens (tertiary/aromatic N) is 1. The third kappa shape index (κ3) is 3.09. The number of carboxylic acids is 1. The van der Waals surface area contributed by atoms with Crippen molar-refractivity contribution in [2.24, 2.45) is 0 Å². The maximum Gasteiger partial charge on any atom is 0.341 e. The minimum Gasteiger partial charge on any atom is -0.479 e. The lowest BCUT2D eigenvalue weighted by molar-refractivity contribution is -0.139. The predicted molar refractivity (Wildman–Crippen MR) is 55.8 cm³/mol. The van der Waals surface area contributed by atoms with Crippen LogP contribution in [0.4, 0.5) is 0 Å². The van der Waals surface area contributed by atoms with Crippen LogP contribution >= 0.6 is 11.6 Å². The summed E-state index contributed by atoms with van der Waals surface area (Å²) in [6, 6.07) is 2.78. The van der Waals surface area contributed by atoms with E-state index in [9.17, 15) is 9.59 Å². The van der Waals surface area contributed by atoms with Crippen LogP contribution in [0.25, 0.3) is 0 Å². The molecule has 7 heteroatoms. The van der Waals surface area contributed by atoms with Crippen molar-refractivity contribution in [1.29, 1.82) is 0 Å². The normalized spacial score (nSPS) is 9.62. The molecule has 0 aliphatic heterocycles. The summed E-state index contributed by atoms with van der Waals surface area (Å²) < 4.78 is 4.84. The summed E-state index contributed by atoms with van der Waals surface area (Å²) in [6.45, 7) is -0.513. The van der Waals surface area contributed by atoms with Gasteiger partial charge in [0.2, 0.25) is 0 Å². The molecule has 6 nitrogen and oxygen atoms in total. The number of nitrogens with one attached hydrogen (secondary N) is 1. The van der Waals surface area contributed by atoms with Crippen LogP contribution in [0, 0.1) is 0 Å². The number of carboxylic acid groups (broad SMARTS) is 1. The van der Waals surface area contributed by atoms with Crippen molar-refractivity contribution in [2.75, 3.05) is 13.7 Å². The van der Waals surface area contributed by atoms with Crippen molar-refractivity contribution in [2.45, 2.75) is 0 Å². The van der Waals surface area contributed by atoms with Gasteiger partial charge in [-0.2, -0.15) is 0 Å². The molecule has 0 aliphatic rings. The number of carbonyl (C=O) groups is 2. The van der Waals surface area contributed by atoms with E-state index in [1.165, 1.54) is 19.2 Å². The Morgan fingerprint density at radius 1 is 1.56 bits per heavy atom. The van der Waals surface area contributed by atoms with E-state index in [0.29, 0.717) is 0 Å². The van der Waals surface area contributed by atoms with Gasteiger partial charge in [0.1, 0.15) is 5.69 Å². The molecule has 0 atom stereocenters. The van der Waals surface area contributed by atoms with Crippen molar-refractivity contribution < 1.29 is 19.4 Å². The second-order valence-corrected chi connectivity index (χ2v) is 3.10. The zero-order chi connectivity index (χ0) is 12.1. The predicted octanol–water partition coefficient (Wildman–Crippen LogP) is 0.558. The van der Waals surface area contributed by atoms with Gasteiger partial charge in [0.15, 0.2) is 17.5 Å².